The lowest BCUT2D eigenvalue weighted by Crippen LogP contribution is -2.66. The summed E-state index contributed by atoms with van der Waals surface area (Å²) in [6, 6.07) is 15.1. The molecule has 2 aromatic carbocycles. The van der Waals surface area contributed by atoms with Crippen LogP contribution in [0, 0.1) is 0 Å². The Morgan fingerprint density at radius 2 is 1.83 bits per heavy atom. The fraction of sp³-hybridized carbons (Fsp3) is 0.304. The van der Waals surface area contributed by atoms with E-state index in [0.717, 1.165) is 27.7 Å². The fourth-order valence-electron chi connectivity index (χ4n) is 4.88. The van der Waals surface area contributed by atoms with Gasteiger partial charge >= 0.3 is 0 Å². The van der Waals surface area contributed by atoms with Crippen molar-refractivity contribution in [2.45, 2.75) is 38.4 Å². The Hall–Kier alpha value is -2.79. The summed E-state index contributed by atoms with van der Waals surface area (Å²) in [5, 5.41) is 1.78. The second-order valence-corrected chi connectivity index (χ2v) is 8.82. The van der Waals surface area contributed by atoms with Crippen LogP contribution < -0.4 is 0 Å². The number of carbonyl (C=O) groups excluding carboxylic acids is 2. The highest BCUT2D eigenvalue weighted by molar-refractivity contribution is 6.30. The van der Waals surface area contributed by atoms with Crippen LogP contribution in [0.3, 0.4) is 0 Å². The first-order valence-corrected chi connectivity index (χ1v) is 10.2. The van der Waals surface area contributed by atoms with Crippen molar-refractivity contribution in [3.63, 3.8) is 0 Å². The molecule has 6 heteroatoms. The maximum Gasteiger partial charge on any atom is 0.246 e. The molecule has 0 saturated carbocycles. The molecule has 2 amide bonds. The molecule has 1 atom stereocenters. The van der Waals surface area contributed by atoms with Gasteiger partial charge in [0, 0.05) is 34.6 Å². The summed E-state index contributed by atoms with van der Waals surface area (Å²) in [5.74, 6) is -0.0126. The van der Waals surface area contributed by atoms with E-state index in [9.17, 15) is 9.59 Å². The second-order valence-electron chi connectivity index (χ2n) is 8.39. The van der Waals surface area contributed by atoms with Crippen LogP contribution in [0.25, 0.3) is 10.9 Å². The van der Waals surface area contributed by atoms with Crippen molar-refractivity contribution in [2.75, 3.05) is 6.54 Å². The predicted octanol–water partition coefficient (Wildman–Crippen LogP) is 3.85. The van der Waals surface area contributed by atoms with Crippen LogP contribution in [0.1, 0.15) is 30.7 Å². The SMILES string of the molecule is CC1(C)c2[nH]c3ccccc3c2C[C@H]2C(=O)N(Cc3ccc(Cl)cc3)CC(=O)N21. The molecule has 0 aliphatic carbocycles. The summed E-state index contributed by atoms with van der Waals surface area (Å²) in [4.78, 5) is 33.5. The van der Waals surface area contributed by atoms with Crippen LogP contribution in [0.4, 0.5) is 0 Å². The third-order valence-electron chi connectivity index (χ3n) is 6.22. The van der Waals surface area contributed by atoms with Crippen LogP contribution in [-0.4, -0.2) is 39.2 Å². The summed E-state index contributed by atoms with van der Waals surface area (Å²) in [6.07, 6.45) is 0.532. The molecule has 2 aliphatic rings. The molecule has 0 bridgehead atoms. The van der Waals surface area contributed by atoms with E-state index in [1.165, 1.54) is 0 Å². The fourth-order valence-corrected chi connectivity index (χ4v) is 5.01. The van der Waals surface area contributed by atoms with E-state index in [4.69, 9.17) is 11.6 Å². The first kappa shape index (κ1) is 18.3. The minimum atomic E-state index is -0.573. The summed E-state index contributed by atoms with van der Waals surface area (Å²) in [7, 11) is 0. The first-order chi connectivity index (χ1) is 13.9. The molecule has 148 valence electrons. The Morgan fingerprint density at radius 1 is 1.10 bits per heavy atom. The highest BCUT2D eigenvalue weighted by Crippen LogP contribution is 2.42. The number of nitrogens with one attached hydrogen (secondary N) is 1. The standard InChI is InChI=1S/C23H22ClN3O2/c1-23(2)21-17(16-5-3-4-6-18(16)25-21)11-19-22(29)26(13-20(28)27(19)23)12-14-7-9-15(24)10-8-14/h3-10,19,25H,11-13H2,1-2H3/t19-/m0/s1. The summed E-state index contributed by atoms with van der Waals surface area (Å²) < 4.78 is 0. The van der Waals surface area contributed by atoms with Crippen LogP contribution in [0.15, 0.2) is 48.5 Å². The number of para-hydroxylation sites is 1. The van der Waals surface area contributed by atoms with Gasteiger partial charge in [-0.25, -0.2) is 0 Å². The van der Waals surface area contributed by atoms with Crippen molar-refractivity contribution in [2.24, 2.45) is 0 Å². The number of halogens is 1. The molecule has 0 spiro atoms. The quantitative estimate of drug-likeness (QED) is 0.701. The lowest BCUT2D eigenvalue weighted by Gasteiger charge is -2.51. The van der Waals surface area contributed by atoms with Gasteiger partial charge in [-0.3, -0.25) is 9.59 Å². The van der Waals surface area contributed by atoms with Gasteiger partial charge in [0.25, 0.3) is 0 Å². The van der Waals surface area contributed by atoms with Gasteiger partial charge < -0.3 is 14.8 Å². The van der Waals surface area contributed by atoms with E-state index < -0.39 is 11.6 Å². The van der Waals surface area contributed by atoms with Gasteiger partial charge in [-0.05, 0) is 43.2 Å². The first-order valence-electron chi connectivity index (χ1n) is 9.82. The van der Waals surface area contributed by atoms with E-state index in [1.54, 1.807) is 21.9 Å². The molecule has 1 aromatic heterocycles. The zero-order valence-electron chi connectivity index (χ0n) is 16.4. The second kappa shape index (κ2) is 6.36. The number of aromatic amines is 1. The molecular weight excluding hydrogens is 386 g/mol. The number of carbonyl (C=O) groups is 2. The largest absolute Gasteiger partial charge is 0.356 e. The van der Waals surface area contributed by atoms with Crippen molar-refractivity contribution in [1.29, 1.82) is 0 Å². The van der Waals surface area contributed by atoms with Crippen molar-refractivity contribution < 1.29 is 9.59 Å². The summed E-state index contributed by atoms with van der Waals surface area (Å²) in [5.41, 5.74) is 3.61. The van der Waals surface area contributed by atoms with E-state index in [1.807, 2.05) is 44.2 Å². The minimum Gasteiger partial charge on any atom is -0.356 e. The number of nitrogens with zero attached hydrogens (tertiary/aromatic N) is 2. The molecule has 3 heterocycles. The molecule has 1 fully saturated rings. The zero-order chi connectivity index (χ0) is 20.3. The number of fused-ring (bicyclic) bond motifs is 4. The lowest BCUT2D eigenvalue weighted by molar-refractivity contribution is -0.164. The lowest BCUT2D eigenvalue weighted by atomic mass is 9.82. The van der Waals surface area contributed by atoms with Crippen LogP contribution in [0.2, 0.25) is 5.02 Å². The predicted molar refractivity (Wildman–Crippen MR) is 113 cm³/mol. The highest BCUT2D eigenvalue weighted by atomic mass is 35.5. The molecule has 0 unspecified atom stereocenters. The van der Waals surface area contributed by atoms with E-state index >= 15 is 0 Å². The minimum absolute atomic E-state index is 0.00329. The van der Waals surface area contributed by atoms with Gasteiger partial charge in [-0.15, -0.1) is 0 Å². The third kappa shape index (κ3) is 2.76. The number of rotatable bonds is 2. The van der Waals surface area contributed by atoms with Crippen LogP contribution in [0.5, 0.6) is 0 Å². The summed E-state index contributed by atoms with van der Waals surface area (Å²) in [6.45, 7) is 4.55. The number of aromatic nitrogens is 1. The van der Waals surface area contributed by atoms with Crippen molar-refractivity contribution in [3.8, 4) is 0 Å². The highest BCUT2D eigenvalue weighted by Gasteiger charge is 2.51. The Morgan fingerprint density at radius 3 is 2.59 bits per heavy atom. The van der Waals surface area contributed by atoms with Gasteiger partial charge in [0.1, 0.15) is 12.6 Å². The third-order valence-corrected chi connectivity index (χ3v) is 6.47. The number of piperazine rings is 1. The molecule has 5 rings (SSSR count). The van der Waals surface area contributed by atoms with Crippen LogP contribution in [-0.2, 0) is 28.1 Å². The molecule has 1 saturated heterocycles. The smallest absolute Gasteiger partial charge is 0.246 e. The Balaban J connectivity index is 1.53. The van der Waals surface area contributed by atoms with Crippen LogP contribution >= 0.6 is 11.6 Å². The number of benzene rings is 2. The average molecular weight is 408 g/mol. The number of H-pyrrole nitrogens is 1. The maximum absolute atomic E-state index is 13.4. The van der Waals surface area contributed by atoms with E-state index in [-0.39, 0.29) is 18.4 Å². The molecule has 29 heavy (non-hydrogen) atoms. The number of hydrogen-bond acceptors (Lipinski definition) is 2. The van der Waals surface area contributed by atoms with Gasteiger partial charge in [0.15, 0.2) is 0 Å². The van der Waals surface area contributed by atoms with Crippen molar-refractivity contribution in [1.82, 2.24) is 14.8 Å². The molecule has 0 radical (unpaired) electrons. The maximum atomic E-state index is 13.4. The molecular formula is C23H22ClN3O2. The molecule has 3 aromatic rings. The Labute approximate surface area is 174 Å². The van der Waals surface area contributed by atoms with Gasteiger partial charge in [-0.1, -0.05) is 41.9 Å². The molecule has 1 N–H and O–H groups in total. The topological polar surface area (TPSA) is 56.4 Å². The summed E-state index contributed by atoms with van der Waals surface area (Å²) >= 11 is 5.97. The van der Waals surface area contributed by atoms with Gasteiger partial charge in [0.05, 0.1) is 5.54 Å². The van der Waals surface area contributed by atoms with E-state index in [0.29, 0.717) is 18.0 Å². The number of amides is 2. The van der Waals surface area contributed by atoms with E-state index in [2.05, 4.69) is 11.1 Å². The Kier molecular flexibility index (Phi) is 4.00. The monoisotopic (exact) mass is 407 g/mol. The Bertz CT molecular complexity index is 1130. The number of hydrogen-bond donors (Lipinski definition) is 1. The zero-order valence-corrected chi connectivity index (χ0v) is 17.2. The van der Waals surface area contributed by atoms with Gasteiger partial charge in [0.2, 0.25) is 11.8 Å². The molecule has 5 nitrogen and oxygen atoms in total. The van der Waals surface area contributed by atoms with Crippen molar-refractivity contribution >= 4 is 34.3 Å². The van der Waals surface area contributed by atoms with Gasteiger partial charge in [-0.2, -0.15) is 0 Å². The normalized spacial score (nSPS) is 20.7. The molecule has 2 aliphatic heterocycles. The average Bonchev–Trinajstić information content (AvgIpc) is 3.07. The van der Waals surface area contributed by atoms with Crippen molar-refractivity contribution in [3.05, 3.63) is 70.4 Å².